The van der Waals surface area contributed by atoms with E-state index in [-0.39, 0.29) is 0 Å². The van der Waals surface area contributed by atoms with Crippen LogP contribution >= 0.6 is 0 Å². The third-order valence-electron chi connectivity index (χ3n) is 4.10. The smallest absolute Gasteiger partial charge is 0.0182 e. The van der Waals surface area contributed by atoms with Crippen molar-refractivity contribution >= 4 is 0 Å². The van der Waals surface area contributed by atoms with Gasteiger partial charge in [-0.3, -0.25) is 0 Å². The molecule has 1 heteroatoms. The van der Waals surface area contributed by atoms with Crippen LogP contribution in [0.1, 0.15) is 84.5 Å². The van der Waals surface area contributed by atoms with E-state index in [0.29, 0.717) is 5.54 Å². The van der Waals surface area contributed by atoms with Crippen molar-refractivity contribution in [2.45, 2.75) is 90.0 Å². The van der Waals surface area contributed by atoms with Crippen LogP contribution < -0.4 is 5.32 Å². The van der Waals surface area contributed by atoms with Gasteiger partial charge in [0.1, 0.15) is 0 Å². The van der Waals surface area contributed by atoms with Gasteiger partial charge in [0.25, 0.3) is 0 Å². The second kappa shape index (κ2) is 8.11. The molecule has 1 rings (SSSR count). The fraction of sp³-hybridized carbons (Fsp3) is 1.00. The summed E-state index contributed by atoms with van der Waals surface area (Å²) in [6.45, 7) is 5.86. The quantitative estimate of drug-likeness (QED) is 0.563. The Hall–Kier alpha value is -0.0400. The molecule has 1 atom stereocenters. The summed E-state index contributed by atoms with van der Waals surface area (Å²) in [6, 6.07) is 0. The molecule has 1 heterocycles. The van der Waals surface area contributed by atoms with Crippen LogP contribution in [0.2, 0.25) is 0 Å². The van der Waals surface area contributed by atoms with Crippen molar-refractivity contribution < 1.29 is 0 Å². The summed E-state index contributed by atoms with van der Waals surface area (Å²) in [7, 11) is 0. The Labute approximate surface area is 102 Å². The molecule has 0 spiro atoms. The largest absolute Gasteiger partial charge is 0.311 e. The van der Waals surface area contributed by atoms with Crippen LogP contribution in [0.3, 0.4) is 0 Å². The van der Waals surface area contributed by atoms with E-state index in [1.165, 1.54) is 77.2 Å². The molecular formula is C15H31N. The minimum absolute atomic E-state index is 0.544. The van der Waals surface area contributed by atoms with E-state index < -0.39 is 0 Å². The van der Waals surface area contributed by atoms with Crippen molar-refractivity contribution in [2.24, 2.45) is 0 Å². The molecule has 1 unspecified atom stereocenters. The molecular weight excluding hydrogens is 194 g/mol. The van der Waals surface area contributed by atoms with E-state index in [0.717, 1.165) is 0 Å². The number of unbranched alkanes of at least 4 members (excludes halogenated alkanes) is 5. The van der Waals surface area contributed by atoms with E-state index in [4.69, 9.17) is 0 Å². The van der Waals surface area contributed by atoms with Crippen molar-refractivity contribution in [3.05, 3.63) is 0 Å². The van der Waals surface area contributed by atoms with E-state index in [2.05, 4.69) is 19.2 Å². The highest BCUT2D eigenvalue weighted by Crippen LogP contribution is 2.30. The molecule has 1 saturated heterocycles. The fourth-order valence-corrected chi connectivity index (χ4v) is 3.00. The van der Waals surface area contributed by atoms with E-state index in [1.807, 2.05) is 0 Å². The van der Waals surface area contributed by atoms with E-state index in [1.54, 1.807) is 0 Å². The topological polar surface area (TPSA) is 12.0 Å². The standard InChI is InChI=1S/C15H31N/c1-3-5-7-8-9-12-15(11-6-4-2)13-10-14-16-15/h16H,3-14H2,1-2H3. The van der Waals surface area contributed by atoms with Gasteiger partial charge >= 0.3 is 0 Å². The van der Waals surface area contributed by atoms with E-state index in [9.17, 15) is 0 Å². The second-order valence-electron chi connectivity index (χ2n) is 5.58. The van der Waals surface area contributed by atoms with Crippen molar-refractivity contribution in [2.75, 3.05) is 6.54 Å². The fourth-order valence-electron chi connectivity index (χ4n) is 3.00. The van der Waals surface area contributed by atoms with Gasteiger partial charge in [-0.15, -0.1) is 0 Å². The monoisotopic (exact) mass is 225 g/mol. The molecule has 0 radical (unpaired) electrons. The van der Waals surface area contributed by atoms with Gasteiger partial charge in [0.15, 0.2) is 0 Å². The maximum Gasteiger partial charge on any atom is 0.0182 e. The second-order valence-corrected chi connectivity index (χ2v) is 5.58. The summed E-state index contributed by atoms with van der Waals surface area (Å²) in [5.41, 5.74) is 0.544. The van der Waals surface area contributed by atoms with Gasteiger partial charge in [0.2, 0.25) is 0 Å². The molecule has 0 aromatic heterocycles. The molecule has 0 aromatic carbocycles. The average Bonchev–Trinajstić information content (AvgIpc) is 2.76. The van der Waals surface area contributed by atoms with Crippen molar-refractivity contribution in [3.8, 4) is 0 Å². The molecule has 1 aliphatic rings. The maximum atomic E-state index is 3.80. The molecule has 1 nitrogen and oxygen atoms in total. The first-order valence-electron chi connectivity index (χ1n) is 7.58. The normalized spacial score (nSPS) is 25.1. The highest BCUT2D eigenvalue weighted by Gasteiger charge is 2.31. The minimum atomic E-state index is 0.544. The first-order chi connectivity index (χ1) is 7.83. The van der Waals surface area contributed by atoms with Gasteiger partial charge < -0.3 is 5.32 Å². The van der Waals surface area contributed by atoms with Crippen LogP contribution in [0.15, 0.2) is 0 Å². The maximum absolute atomic E-state index is 3.80. The highest BCUT2D eigenvalue weighted by atomic mass is 15.0. The molecule has 0 aliphatic carbocycles. The van der Waals surface area contributed by atoms with Crippen molar-refractivity contribution in [1.82, 2.24) is 5.32 Å². The van der Waals surface area contributed by atoms with Crippen LogP contribution in [0.4, 0.5) is 0 Å². The van der Waals surface area contributed by atoms with Crippen molar-refractivity contribution in [1.29, 1.82) is 0 Å². The zero-order valence-electron chi connectivity index (χ0n) is 11.5. The number of nitrogens with one attached hydrogen (secondary N) is 1. The summed E-state index contributed by atoms with van der Waals surface area (Å²) in [5.74, 6) is 0. The molecule has 1 aliphatic heterocycles. The lowest BCUT2D eigenvalue weighted by Crippen LogP contribution is -2.39. The summed E-state index contributed by atoms with van der Waals surface area (Å²) in [4.78, 5) is 0. The molecule has 0 aromatic rings. The van der Waals surface area contributed by atoms with Crippen LogP contribution in [-0.2, 0) is 0 Å². The summed E-state index contributed by atoms with van der Waals surface area (Å²) in [5, 5.41) is 3.80. The Morgan fingerprint density at radius 2 is 1.56 bits per heavy atom. The number of hydrogen-bond donors (Lipinski definition) is 1. The molecule has 1 fully saturated rings. The van der Waals surface area contributed by atoms with Crippen LogP contribution in [0.5, 0.6) is 0 Å². The predicted octanol–water partition coefficient (Wildman–Crippen LogP) is 4.66. The molecule has 0 bridgehead atoms. The SMILES string of the molecule is CCCCCCCC1(CCCC)CCCN1. The molecule has 16 heavy (non-hydrogen) atoms. The first-order valence-corrected chi connectivity index (χ1v) is 7.58. The summed E-state index contributed by atoms with van der Waals surface area (Å²) >= 11 is 0. The molecule has 1 N–H and O–H groups in total. The van der Waals surface area contributed by atoms with Crippen LogP contribution in [0, 0.1) is 0 Å². The van der Waals surface area contributed by atoms with Crippen molar-refractivity contribution in [3.63, 3.8) is 0 Å². The summed E-state index contributed by atoms with van der Waals surface area (Å²) < 4.78 is 0. The van der Waals surface area contributed by atoms with Crippen LogP contribution in [-0.4, -0.2) is 12.1 Å². The molecule has 0 amide bonds. The summed E-state index contributed by atoms with van der Waals surface area (Å²) in [6.07, 6.45) is 15.5. The predicted molar refractivity (Wildman–Crippen MR) is 72.9 cm³/mol. The van der Waals surface area contributed by atoms with Gasteiger partial charge in [0.05, 0.1) is 0 Å². The first kappa shape index (κ1) is 14.0. The van der Waals surface area contributed by atoms with Gasteiger partial charge in [-0.1, -0.05) is 58.8 Å². The molecule has 0 saturated carbocycles. The highest BCUT2D eigenvalue weighted by molar-refractivity contribution is 4.92. The van der Waals surface area contributed by atoms with Gasteiger partial charge in [-0.2, -0.15) is 0 Å². The van der Waals surface area contributed by atoms with E-state index >= 15 is 0 Å². The number of hydrogen-bond acceptors (Lipinski definition) is 1. The van der Waals surface area contributed by atoms with Crippen LogP contribution in [0.25, 0.3) is 0 Å². The van der Waals surface area contributed by atoms with Gasteiger partial charge in [-0.25, -0.2) is 0 Å². The third-order valence-corrected chi connectivity index (χ3v) is 4.10. The Kier molecular flexibility index (Phi) is 7.11. The Bertz CT molecular complexity index is 159. The zero-order valence-corrected chi connectivity index (χ0v) is 11.5. The number of rotatable bonds is 9. The Morgan fingerprint density at radius 3 is 2.19 bits per heavy atom. The Balaban J connectivity index is 2.17. The third kappa shape index (κ3) is 4.86. The lowest BCUT2D eigenvalue weighted by atomic mass is 9.85. The van der Waals surface area contributed by atoms with Gasteiger partial charge in [-0.05, 0) is 32.2 Å². The minimum Gasteiger partial charge on any atom is -0.311 e. The lowest BCUT2D eigenvalue weighted by molar-refractivity contribution is 0.302. The zero-order chi connectivity index (χ0) is 11.7. The lowest BCUT2D eigenvalue weighted by Gasteiger charge is -2.29. The molecule has 96 valence electrons. The van der Waals surface area contributed by atoms with Gasteiger partial charge in [0, 0.05) is 5.54 Å². The average molecular weight is 225 g/mol. The Morgan fingerprint density at radius 1 is 0.875 bits per heavy atom.